The summed E-state index contributed by atoms with van der Waals surface area (Å²) in [5, 5.41) is 0. The second-order valence-corrected chi connectivity index (χ2v) is 4.58. The third-order valence-electron chi connectivity index (χ3n) is 1.72. The standard InChI is InChI=1S/C10H5Br2FN2O/c11-6-1-2-8(7(13)3-6)16-10-4-9(12)14-5-15-10/h1-5H. The third kappa shape index (κ3) is 2.76. The highest BCUT2D eigenvalue weighted by atomic mass is 79.9. The number of rotatable bonds is 2. The van der Waals surface area contributed by atoms with Gasteiger partial charge in [-0.25, -0.2) is 14.4 Å². The van der Waals surface area contributed by atoms with Crippen molar-refractivity contribution < 1.29 is 9.13 Å². The van der Waals surface area contributed by atoms with Crippen molar-refractivity contribution in [2.45, 2.75) is 0 Å². The molecule has 1 aromatic heterocycles. The SMILES string of the molecule is Fc1cc(Br)ccc1Oc1cc(Br)ncn1. The maximum Gasteiger partial charge on any atom is 0.223 e. The zero-order chi connectivity index (χ0) is 11.5. The molecule has 0 amide bonds. The summed E-state index contributed by atoms with van der Waals surface area (Å²) in [6.45, 7) is 0. The summed E-state index contributed by atoms with van der Waals surface area (Å²) in [5.41, 5.74) is 0. The van der Waals surface area contributed by atoms with Crippen molar-refractivity contribution in [3.63, 3.8) is 0 Å². The van der Waals surface area contributed by atoms with Crippen LogP contribution in [0.25, 0.3) is 0 Å². The molecule has 0 unspecified atom stereocenters. The highest BCUT2D eigenvalue weighted by Gasteiger charge is 2.06. The molecular formula is C10H5Br2FN2O. The van der Waals surface area contributed by atoms with Crippen LogP contribution in [0.4, 0.5) is 4.39 Å². The molecule has 0 fully saturated rings. The molecule has 2 rings (SSSR count). The van der Waals surface area contributed by atoms with Crippen molar-refractivity contribution >= 4 is 31.9 Å². The molecule has 0 spiro atoms. The monoisotopic (exact) mass is 346 g/mol. The molecule has 2 aromatic rings. The molecule has 0 atom stereocenters. The van der Waals surface area contributed by atoms with Crippen LogP contribution in [-0.4, -0.2) is 9.97 Å². The van der Waals surface area contributed by atoms with Crippen molar-refractivity contribution in [1.82, 2.24) is 9.97 Å². The lowest BCUT2D eigenvalue weighted by Crippen LogP contribution is -1.91. The quantitative estimate of drug-likeness (QED) is 0.772. The van der Waals surface area contributed by atoms with Crippen LogP contribution in [0.3, 0.4) is 0 Å². The molecule has 0 N–H and O–H groups in total. The van der Waals surface area contributed by atoms with Crippen molar-refractivity contribution in [2.24, 2.45) is 0 Å². The van der Waals surface area contributed by atoms with Gasteiger partial charge >= 0.3 is 0 Å². The van der Waals surface area contributed by atoms with Crippen LogP contribution in [0, 0.1) is 5.82 Å². The maximum atomic E-state index is 13.4. The average molecular weight is 348 g/mol. The van der Waals surface area contributed by atoms with E-state index in [2.05, 4.69) is 41.8 Å². The van der Waals surface area contributed by atoms with Crippen LogP contribution >= 0.6 is 31.9 Å². The minimum atomic E-state index is -0.455. The Morgan fingerprint density at radius 2 is 1.94 bits per heavy atom. The summed E-state index contributed by atoms with van der Waals surface area (Å²) in [5.74, 6) is -0.0546. The number of hydrogen-bond acceptors (Lipinski definition) is 3. The fraction of sp³-hybridized carbons (Fsp3) is 0. The molecule has 0 saturated heterocycles. The van der Waals surface area contributed by atoms with Crippen LogP contribution in [0.15, 0.2) is 39.7 Å². The predicted octanol–water partition coefficient (Wildman–Crippen LogP) is 3.93. The zero-order valence-electron chi connectivity index (χ0n) is 7.82. The first-order valence-corrected chi connectivity index (χ1v) is 5.84. The highest BCUT2D eigenvalue weighted by Crippen LogP contribution is 2.26. The van der Waals surface area contributed by atoms with E-state index < -0.39 is 5.82 Å². The van der Waals surface area contributed by atoms with Gasteiger partial charge < -0.3 is 4.74 Å². The first kappa shape index (κ1) is 11.5. The van der Waals surface area contributed by atoms with E-state index in [0.29, 0.717) is 9.08 Å². The Hall–Kier alpha value is -1.01. The molecule has 1 heterocycles. The summed E-state index contributed by atoms with van der Waals surface area (Å²) >= 11 is 6.34. The van der Waals surface area contributed by atoms with Gasteiger partial charge in [-0.1, -0.05) is 15.9 Å². The van der Waals surface area contributed by atoms with Gasteiger partial charge in [-0.05, 0) is 34.1 Å². The summed E-state index contributed by atoms with van der Waals surface area (Å²) < 4.78 is 19.9. The minimum absolute atomic E-state index is 0.119. The van der Waals surface area contributed by atoms with Crippen LogP contribution in [0.5, 0.6) is 11.6 Å². The second kappa shape index (κ2) is 4.88. The third-order valence-corrected chi connectivity index (χ3v) is 2.64. The van der Waals surface area contributed by atoms with Gasteiger partial charge in [-0.2, -0.15) is 0 Å². The lowest BCUT2D eigenvalue weighted by atomic mass is 10.3. The number of nitrogens with zero attached hydrogens (tertiary/aromatic N) is 2. The molecular weight excluding hydrogens is 343 g/mol. The Morgan fingerprint density at radius 1 is 1.12 bits per heavy atom. The number of aromatic nitrogens is 2. The van der Waals surface area contributed by atoms with E-state index >= 15 is 0 Å². The van der Waals surface area contributed by atoms with E-state index in [-0.39, 0.29) is 11.6 Å². The summed E-state index contributed by atoms with van der Waals surface area (Å²) in [7, 11) is 0. The van der Waals surface area contributed by atoms with Gasteiger partial charge in [0.1, 0.15) is 10.9 Å². The fourth-order valence-electron chi connectivity index (χ4n) is 1.04. The van der Waals surface area contributed by atoms with Crippen molar-refractivity contribution in [3.8, 4) is 11.6 Å². The summed E-state index contributed by atoms with van der Waals surface area (Å²) in [4.78, 5) is 7.70. The van der Waals surface area contributed by atoms with Gasteiger partial charge in [0.25, 0.3) is 0 Å². The molecule has 0 aliphatic carbocycles. The van der Waals surface area contributed by atoms with Crippen molar-refractivity contribution in [2.75, 3.05) is 0 Å². The first-order valence-electron chi connectivity index (χ1n) is 4.25. The Kier molecular flexibility index (Phi) is 3.50. The van der Waals surface area contributed by atoms with Crippen LogP contribution in [0.2, 0.25) is 0 Å². The van der Waals surface area contributed by atoms with Gasteiger partial charge in [-0.15, -0.1) is 0 Å². The predicted molar refractivity (Wildman–Crippen MR) is 63.9 cm³/mol. The molecule has 3 nitrogen and oxygen atoms in total. The minimum Gasteiger partial charge on any atom is -0.436 e. The molecule has 0 aliphatic heterocycles. The van der Waals surface area contributed by atoms with Crippen LogP contribution in [0.1, 0.15) is 0 Å². The average Bonchev–Trinajstić information content (AvgIpc) is 2.22. The molecule has 16 heavy (non-hydrogen) atoms. The van der Waals surface area contributed by atoms with Gasteiger partial charge in [0.15, 0.2) is 11.6 Å². The molecule has 0 aliphatic rings. The summed E-state index contributed by atoms with van der Waals surface area (Å²) in [6, 6.07) is 6.09. The summed E-state index contributed by atoms with van der Waals surface area (Å²) in [6.07, 6.45) is 1.33. The van der Waals surface area contributed by atoms with Crippen LogP contribution in [-0.2, 0) is 0 Å². The smallest absolute Gasteiger partial charge is 0.223 e. The van der Waals surface area contributed by atoms with E-state index in [4.69, 9.17) is 4.74 Å². The van der Waals surface area contributed by atoms with Crippen LogP contribution < -0.4 is 4.74 Å². The van der Waals surface area contributed by atoms with Crippen molar-refractivity contribution in [3.05, 3.63) is 45.5 Å². The van der Waals surface area contributed by atoms with E-state index in [9.17, 15) is 4.39 Å². The largest absolute Gasteiger partial charge is 0.436 e. The normalized spacial score (nSPS) is 10.2. The number of ether oxygens (including phenoxy) is 1. The number of benzene rings is 1. The molecule has 0 saturated carbocycles. The van der Waals surface area contributed by atoms with E-state index in [1.807, 2.05) is 0 Å². The van der Waals surface area contributed by atoms with Gasteiger partial charge in [0.05, 0.1) is 0 Å². The van der Waals surface area contributed by atoms with Crippen molar-refractivity contribution in [1.29, 1.82) is 0 Å². The lowest BCUT2D eigenvalue weighted by Gasteiger charge is -2.05. The Morgan fingerprint density at radius 3 is 2.62 bits per heavy atom. The van der Waals surface area contributed by atoms with Gasteiger partial charge in [-0.3, -0.25) is 0 Å². The number of halogens is 3. The Bertz CT molecular complexity index is 522. The van der Waals surface area contributed by atoms with Gasteiger partial charge in [0, 0.05) is 10.5 Å². The molecule has 0 radical (unpaired) electrons. The Balaban J connectivity index is 2.27. The maximum absolute atomic E-state index is 13.4. The molecule has 1 aromatic carbocycles. The second-order valence-electron chi connectivity index (χ2n) is 2.86. The van der Waals surface area contributed by atoms with E-state index in [0.717, 1.165) is 0 Å². The first-order chi connectivity index (χ1) is 7.65. The Labute approximate surface area is 108 Å². The van der Waals surface area contributed by atoms with E-state index in [1.54, 1.807) is 12.1 Å². The molecule has 6 heteroatoms. The zero-order valence-corrected chi connectivity index (χ0v) is 11.0. The van der Waals surface area contributed by atoms with Gasteiger partial charge in [0.2, 0.25) is 5.88 Å². The highest BCUT2D eigenvalue weighted by molar-refractivity contribution is 9.10. The number of hydrogen-bond donors (Lipinski definition) is 0. The topological polar surface area (TPSA) is 35.0 Å². The molecule has 82 valence electrons. The van der Waals surface area contributed by atoms with E-state index in [1.165, 1.54) is 18.5 Å². The fourth-order valence-corrected chi connectivity index (χ4v) is 1.66. The lowest BCUT2D eigenvalue weighted by molar-refractivity contribution is 0.426. The molecule has 0 bridgehead atoms.